The van der Waals surface area contributed by atoms with E-state index in [2.05, 4.69) is 38.4 Å². The molecule has 0 heterocycles. The van der Waals surface area contributed by atoms with Crippen LogP contribution in [-0.4, -0.2) is 31.4 Å². The van der Waals surface area contributed by atoms with Crippen LogP contribution in [0.15, 0.2) is 47.6 Å². The molecule has 0 aliphatic carbocycles. The normalized spacial score (nSPS) is 10.5. The maximum Gasteiger partial charge on any atom is 0.344 e. The number of urea groups is 1. The Balaban J connectivity index is 1.87. The molecule has 0 spiro atoms. The molecule has 2 N–H and O–H groups in total. The average molecular weight is 481 g/mol. The number of halogens is 1. The summed E-state index contributed by atoms with van der Waals surface area (Å²) in [5, 5.41) is 6.66. The summed E-state index contributed by atoms with van der Waals surface area (Å²) < 4.78 is 11.0. The van der Waals surface area contributed by atoms with Gasteiger partial charge in [-0.2, -0.15) is 5.10 Å². The van der Waals surface area contributed by atoms with Crippen LogP contribution in [0, 0.1) is 10.5 Å². The zero-order valence-electron chi connectivity index (χ0n) is 15.0. The van der Waals surface area contributed by atoms with Gasteiger partial charge in [-0.05, 0) is 71.8 Å². The minimum atomic E-state index is -0.426. The fourth-order valence-electron chi connectivity index (χ4n) is 2.08. The van der Waals surface area contributed by atoms with Crippen LogP contribution < -0.4 is 15.5 Å². The molecule has 27 heavy (non-hydrogen) atoms. The van der Waals surface area contributed by atoms with Crippen molar-refractivity contribution >= 4 is 46.5 Å². The van der Waals surface area contributed by atoms with Crippen LogP contribution in [0.4, 0.5) is 10.5 Å². The molecule has 2 rings (SSSR count). The van der Waals surface area contributed by atoms with Gasteiger partial charge in [0.25, 0.3) is 0 Å². The van der Waals surface area contributed by atoms with Crippen LogP contribution >= 0.6 is 22.6 Å². The lowest BCUT2D eigenvalue weighted by molar-refractivity contribution is -0.145. The highest BCUT2D eigenvalue weighted by atomic mass is 127. The van der Waals surface area contributed by atoms with Gasteiger partial charge in [-0.25, -0.2) is 15.0 Å². The first-order valence-corrected chi connectivity index (χ1v) is 9.31. The van der Waals surface area contributed by atoms with E-state index < -0.39 is 12.0 Å². The highest BCUT2D eigenvalue weighted by Crippen LogP contribution is 2.21. The van der Waals surface area contributed by atoms with Crippen molar-refractivity contribution in [3.63, 3.8) is 0 Å². The summed E-state index contributed by atoms with van der Waals surface area (Å²) in [5.41, 5.74) is 4.88. The molecule has 0 unspecified atom stereocenters. The molecule has 7 nitrogen and oxygen atoms in total. The van der Waals surface area contributed by atoms with E-state index in [0.717, 1.165) is 20.4 Å². The summed E-state index contributed by atoms with van der Waals surface area (Å²) >= 11 is 2.10. The zero-order valence-corrected chi connectivity index (χ0v) is 17.1. The summed E-state index contributed by atoms with van der Waals surface area (Å²) in [5.74, 6) is 0.161. The Bertz CT molecular complexity index is 839. The molecule has 0 saturated carbocycles. The quantitative estimate of drug-likeness (QED) is 0.273. The molecular weight excluding hydrogens is 461 g/mol. The number of aryl methyl sites for hydroxylation is 1. The standard InChI is InChI=1S/C19H20IN3O4/c1-3-26-18(24)12-27-17-9-8-14(10-15(17)20)11-21-23-19(25)22-16-7-5-4-6-13(16)2/h4-11H,3,12H2,1-2H3,(H2,22,23,25). The number of hydrazone groups is 1. The van der Waals surface area contributed by atoms with Crippen molar-refractivity contribution in [1.29, 1.82) is 0 Å². The van der Waals surface area contributed by atoms with E-state index in [1.165, 1.54) is 6.21 Å². The predicted octanol–water partition coefficient (Wildman–Crippen LogP) is 3.70. The van der Waals surface area contributed by atoms with Gasteiger partial charge in [0, 0.05) is 5.69 Å². The number of carbonyl (C=O) groups excluding carboxylic acids is 2. The van der Waals surface area contributed by atoms with Crippen molar-refractivity contribution in [2.24, 2.45) is 5.10 Å². The molecule has 0 radical (unpaired) electrons. The number of hydrogen-bond acceptors (Lipinski definition) is 5. The molecule has 0 atom stereocenters. The van der Waals surface area contributed by atoms with Crippen molar-refractivity contribution < 1.29 is 19.1 Å². The molecule has 2 aromatic carbocycles. The monoisotopic (exact) mass is 481 g/mol. The topological polar surface area (TPSA) is 89.0 Å². The van der Waals surface area contributed by atoms with Gasteiger partial charge in [0.1, 0.15) is 5.75 Å². The smallest absolute Gasteiger partial charge is 0.344 e. The van der Waals surface area contributed by atoms with Crippen LogP contribution in [-0.2, 0) is 9.53 Å². The van der Waals surface area contributed by atoms with Crippen LogP contribution in [0.1, 0.15) is 18.1 Å². The number of hydrogen-bond donors (Lipinski definition) is 2. The number of amides is 2. The molecule has 142 valence electrons. The first-order chi connectivity index (χ1) is 13.0. The van der Waals surface area contributed by atoms with Crippen LogP contribution in [0.5, 0.6) is 5.75 Å². The van der Waals surface area contributed by atoms with E-state index in [1.807, 2.05) is 37.3 Å². The Morgan fingerprint density at radius 1 is 1.22 bits per heavy atom. The van der Waals surface area contributed by atoms with E-state index >= 15 is 0 Å². The Hall–Kier alpha value is -2.62. The number of esters is 1. The lowest BCUT2D eigenvalue weighted by atomic mass is 10.2. The maximum absolute atomic E-state index is 11.9. The molecule has 0 fully saturated rings. The second-order valence-electron chi connectivity index (χ2n) is 5.42. The number of benzene rings is 2. The number of carbonyl (C=O) groups is 2. The summed E-state index contributed by atoms with van der Waals surface area (Å²) in [6, 6.07) is 12.4. The molecule has 2 amide bonds. The first-order valence-electron chi connectivity index (χ1n) is 8.23. The van der Waals surface area contributed by atoms with Crippen LogP contribution in [0.2, 0.25) is 0 Å². The van der Waals surface area contributed by atoms with Gasteiger partial charge in [0.2, 0.25) is 0 Å². The highest BCUT2D eigenvalue weighted by Gasteiger charge is 2.07. The minimum absolute atomic E-state index is 0.141. The first kappa shape index (κ1) is 20.7. The lowest BCUT2D eigenvalue weighted by Gasteiger charge is -2.08. The van der Waals surface area contributed by atoms with Gasteiger partial charge in [-0.15, -0.1) is 0 Å². The van der Waals surface area contributed by atoms with Gasteiger partial charge in [-0.3, -0.25) is 0 Å². The van der Waals surface area contributed by atoms with E-state index in [1.54, 1.807) is 19.1 Å². The largest absolute Gasteiger partial charge is 0.481 e. The van der Waals surface area contributed by atoms with Gasteiger partial charge >= 0.3 is 12.0 Å². The number of nitrogens with zero attached hydrogens (tertiary/aromatic N) is 1. The molecule has 0 aromatic heterocycles. The second-order valence-corrected chi connectivity index (χ2v) is 6.58. The van der Waals surface area contributed by atoms with Crippen molar-refractivity contribution in [3.8, 4) is 5.75 Å². The molecule has 8 heteroatoms. The predicted molar refractivity (Wildman–Crippen MR) is 112 cm³/mol. The van der Waals surface area contributed by atoms with Crippen LogP contribution in [0.3, 0.4) is 0 Å². The highest BCUT2D eigenvalue weighted by molar-refractivity contribution is 14.1. The SMILES string of the molecule is CCOC(=O)COc1ccc(C=NNC(=O)Nc2ccccc2C)cc1I. The Morgan fingerprint density at radius 2 is 2.00 bits per heavy atom. The van der Waals surface area contributed by atoms with Crippen molar-refractivity contribution in [1.82, 2.24) is 5.43 Å². The van der Waals surface area contributed by atoms with E-state index in [0.29, 0.717) is 12.4 Å². The van der Waals surface area contributed by atoms with Crippen molar-refractivity contribution in [3.05, 3.63) is 57.2 Å². The zero-order chi connectivity index (χ0) is 19.6. The third-order valence-electron chi connectivity index (χ3n) is 3.38. The Labute approximate surface area is 171 Å². The van der Waals surface area contributed by atoms with E-state index in [9.17, 15) is 9.59 Å². The lowest BCUT2D eigenvalue weighted by Crippen LogP contribution is -2.24. The number of rotatable bonds is 7. The fraction of sp³-hybridized carbons (Fsp3) is 0.211. The van der Waals surface area contributed by atoms with Crippen molar-refractivity contribution in [2.75, 3.05) is 18.5 Å². The molecule has 0 bridgehead atoms. The third kappa shape index (κ3) is 6.89. The third-order valence-corrected chi connectivity index (χ3v) is 4.22. The summed E-state index contributed by atoms with van der Waals surface area (Å²) in [6.45, 7) is 3.83. The van der Waals surface area contributed by atoms with Gasteiger partial charge < -0.3 is 14.8 Å². The summed E-state index contributed by atoms with van der Waals surface area (Å²) in [6.07, 6.45) is 1.52. The summed E-state index contributed by atoms with van der Waals surface area (Å²) in [4.78, 5) is 23.2. The molecule has 0 aliphatic heterocycles. The molecule has 0 aliphatic rings. The molecular formula is C19H20IN3O4. The number of ether oxygens (including phenoxy) is 2. The van der Waals surface area contributed by atoms with Crippen LogP contribution in [0.25, 0.3) is 0 Å². The second kappa shape index (κ2) is 10.5. The Kier molecular flexibility index (Phi) is 8.05. The maximum atomic E-state index is 11.9. The number of anilines is 1. The average Bonchev–Trinajstić information content (AvgIpc) is 2.63. The van der Waals surface area contributed by atoms with Gasteiger partial charge in [-0.1, -0.05) is 18.2 Å². The minimum Gasteiger partial charge on any atom is -0.481 e. The van der Waals surface area contributed by atoms with E-state index in [4.69, 9.17) is 9.47 Å². The number of para-hydroxylation sites is 1. The molecule has 0 saturated heterocycles. The Morgan fingerprint density at radius 3 is 2.70 bits per heavy atom. The number of nitrogens with one attached hydrogen (secondary N) is 2. The molecule has 2 aromatic rings. The van der Waals surface area contributed by atoms with Crippen molar-refractivity contribution in [2.45, 2.75) is 13.8 Å². The van der Waals surface area contributed by atoms with Gasteiger partial charge in [0.05, 0.1) is 16.4 Å². The fourth-order valence-corrected chi connectivity index (χ4v) is 2.78. The van der Waals surface area contributed by atoms with E-state index in [-0.39, 0.29) is 6.61 Å². The van der Waals surface area contributed by atoms with Gasteiger partial charge in [0.15, 0.2) is 6.61 Å². The summed E-state index contributed by atoms with van der Waals surface area (Å²) in [7, 11) is 0.